The summed E-state index contributed by atoms with van der Waals surface area (Å²) in [7, 11) is 0. The number of carbonyl (C=O) groups is 2. The van der Waals surface area contributed by atoms with Crippen molar-refractivity contribution < 1.29 is 36.6 Å². The molecule has 0 saturated carbocycles. The lowest BCUT2D eigenvalue weighted by Crippen LogP contribution is -2.22. The molecule has 0 aliphatic carbocycles. The van der Waals surface area contributed by atoms with Gasteiger partial charge in [-0.2, -0.15) is 13.2 Å². The van der Waals surface area contributed by atoms with Crippen molar-refractivity contribution in [3.63, 3.8) is 0 Å². The van der Waals surface area contributed by atoms with E-state index in [9.17, 15) is 27.9 Å². The van der Waals surface area contributed by atoms with Gasteiger partial charge in [-0.1, -0.05) is 30.3 Å². The Morgan fingerprint density at radius 3 is 2.14 bits per heavy atom. The molecule has 0 aromatic heterocycles. The number of halogens is 5. The molecule has 3 aromatic rings. The van der Waals surface area contributed by atoms with Gasteiger partial charge >= 0.3 is 12.1 Å². The van der Waals surface area contributed by atoms with Crippen molar-refractivity contribution in [1.82, 2.24) is 5.32 Å². The molecule has 0 fully saturated rings. The minimum absolute atomic E-state index is 0.173. The summed E-state index contributed by atoms with van der Waals surface area (Å²) in [6, 6.07) is 10.1. The van der Waals surface area contributed by atoms with Crippen LogP contribution >= 0.6 is 0 Å². The number of aliphatic imine (C=N–C) groups is 1. The van der Waals surface area contributed by atoms with Gasteiger partial charge in [0.25, 0.3) is 0 Å². The number of carbonyl (C=O) groups excluding carboxylic acids is 1. The maximum atomic E-state index is 15.9. The molecular formula is C25H21F5N4O3. The second kappa shape index (κ2) is 11.1. The highest BCUT2D eigenvalue weighted by Gasteiger charge is 2.33. The summed E-state index contributed by atoms with van der Waals surface area (Å²) in [5.74, 6) is -4.19. The lowest BCUT2D eigenvalue weighted by Gasteiger charge is -2.21. The monoisotopic (exact) mass is 520 g/mol. The van der Waals surface area contributed by atoms with Crippen LogP contribution < -0.4 is 16.8 Å². The molecule has 0 atom stereocenters. The Balaban J connectivity index is 2.50. The number of hydrogen-bond donors (Lipinski definition) is 4. The average Bonchev–Trinajstić information content (AvgIpc) is 2.82. The number of carboxylic acids is 1. The Labute approximate surface area is 207 Å². The van der Waals surface area contributed by atoms with Crippen LogP contribution in [0.2, 0.25) is 0 Å². The van der Waals surface area contributed by atoms with Crippen LogP contribution in [0.3, 0.4) is 0 Å². The highest BCUT2D eigenvalue weighted by atomic mass is 19.4. The maximum absolute atomic E-state index is 15.9. The summed E-state index contributed by atoms with van der Waals surface area (Å²) >= 11 is 0. The molecule has 0 radical (unpaired) electrons. The van der Waals surface area contributed by atoms with Gasteiger partial charge in [0.05, 0.1) is 11.3 Å². The predicted molar refractivity (Wildman–Crippen MR) is 127 cm³/mol. The summed E-state index contributed by atoms with van der Waals surface area (Å²) < 4.78 is 72.9. The number of nitrogens with zero attached hydrogens (tertiary/aromatic N) is 1. The van der Waals surface area contributed by atoms with Crippen LogP contribution in [0.4, 0.5) is 27.6 Å². The molecule has 194 valence electrons. The quantitative estimate of drug-likeness (QED) is 0.143. The van der Waals surface area contributed by atoms with Gasteiger partial charge in [0.1, 0.15) is 11.6 Å². The normalized spacial score (nSPS) is 11.2. The predicted octanol–water partition coefficient (Wildman–Crippen LogP) is 4.49. The van der Waals surface area contributed by atoms with Gasteiger partial charge in [-0.05, 0) is 41.3 Å². The number of nitrogens with one attached hydrogen (secondary N) is 1. The third-order valence-electron chi connectivity index (χ3n) is 5.38. The van der Waals surface area contributed by atoms with Crippen LogP contribution in [0.5, 0.6) is 0 Å². The van der Waals surface area contributed by atoms with Gasteiger partial charge in [-0.15, -0.1) is 0 Å². The Morgan fingerprint density at radius 2 is 1.59 bits per heavy atom. The van der Waals surface area contributed by atoms with Gasteiger partial charge in [0.15, 0.2) is 5.96 Å². The zero-order valence-electron chi connectivity index (χ0n) is 19.1. The molecule has 0 bridgehead atoms. The largest absolute Gasteiger partial charge is 0.481 e. The minimum Gasteiger partial charge on any atom is -0.481 e. The fourth-order valence-electron chi connectivity index (χ4n) is 3.91. The minimum atomic E-state index is -4.88. The van der Waals surface area contributed by atoms with Crippen molar-refractivity contribution in [2.45, 2.75) is 25.6 Å². The SMILES string of the molecule is NC(N)=Nc1cc(-c2c(F)c(CNC=O)c(F)c(-c3ccccc3)c2CCC(=O)O)cc(C(F)(F)F)c1. The van der Waals surface area contributed by atoms with Gasteiger partial charge in [0.2, 0.25) is 6.41 Å². The second-order valence-corrected chi connectivity index (χ2v) is 7.90. The van der Waals surface area contributed by atoms with Crippen molar-refractivity contribution in [3.8, 4) is 22.3 Å². The number of alkyl halides is 3. The number of guanidine groups is 1. The molecular weight excluding hydrogens is 499 g/mol. The van der Waals surface area contributed by atoms with Crippen LogP contribution in [0.1, 0.15) is 23.1 Å². The summed E-state index contributed by atoms with van der Waals surface area (Å²) in [5, 5.41) is 11.4. The number of amides is 1. The van der Waals surface area contributed by atoms with E-state index in [1.165, 1.54) is 12.1 Å². The van der Waals surface area contributed by atoms with Gasteiger partial charge in [-0.25, -0.2) is 13.8 Å². The van der Waals surface area contributed by atoms with E-state index in [0.29, 0.717) is 12.1 Å². The molecule has 6 N–H and O–H groups in total. The van der Waals surface area contributed by atoms with Crippen LogP contribution in [0, 0.1) is 11.6 Å². The van der Waals surface area contributed by atoms with E-state index in [1.807, 2.05) is 0 Å². The van der Waals surface area contributed by atoms with Crippen molar-refractivity contribution >= 4 is 24.0 Å². The molecule has 0 saturated heterocycles. The number of benzene rings is 3. The first kappa shape index (κ1) is 27.1. The molecule has 3 rings (SSSR count). The molecule has 37 heavy (non-hydrogen) atoms. The Bertz CT molecular complexity index is 1350. The molecule has 0 aliphatic rings. The van der Waals surface area contributed by atoms with E-state index in [2.05, 4.69) is 10.3 Å². The van der Waals surface area contributed by atoms with E-state index in [-0.39, 0.29) is 34.4 Å². The summed E-state index contributed by atoms with van der Waals surface area (Å²) in [6.45, 7) is -0.618. The lowest BCUT2D eigenvalue weighted by molar-refractivity contribution is -0.138. The van der Waals surface area contributed by atoms with E-state index in [1.54, 1.807) is 18.2 Å². The highest BCUT2D eigenvalue weighted by Crippen LogP contribution is 2.43. The van der Waals surface area contributed by atoms with Crippen LogP contribution in [-0.4, -0.2) is 23.4 Å². The first-order valence-electron chi connectivity index (χ1n) is 10.7. The fourth-order valence-corrected chi connectivity index (χ4v) is 3.91. The Kier molecular flexibility index (Phi) is 8.11. The molecule has 0 spiro atoms. The van der Waals surface area contributed by atoms with Crippen LogP contribution in [0.25, 0.3) is 22.3 Å². The van der Waals surface area contributed by atoms with E-state index >= 15 is 8.78 Å². The van der Waals surface area contributed by atoms with E-state index in [4.69, 9.17) is 11.5 Å². The summed E-state index contributed by atoms with van der Waals surface area (Å²) in [5.41, 5.74) is 7.48. The summed E-state index contributed by atoms with van der Waals surface area (Å²) in [4.78, 5) is 25.9. The molecule has 0 unspecified atom stereocenters. The van der Waals surface area contributed by atoms with Gasteiger partial charge in [-0.3, -0.25) is 9.59 Å². The number of nitrogens with two attached hydrogens (primary N) is 2. The van der Waals surface area contributed by atoms with Gasteiger partial charge < -0.3 is 21.9 Å². The van der Waals surface area contributed by atoms with Crippen LogP contribution in [-0.2, 0) is 28.7 Å². The van der Waals surface area contributed by atoms with Gasteiger partial charge in [0, 0.05) is 29.7 Å². The lowest BCUT2D eigenvalue weighted by atomic mass is 9.85. The molecule has 3 aromatic carbocycles. The number of carboxylic acid groups (broad SMARTS) is 1. The highest BCUT2D eigenvalue weighted by molar-refractivity contribution is 5.84. The standard InChI is InChI=1S/C25H21F5N4O3/c26-22-18(11-33-12-35)23(27)21(14-8-15(25(28,29)30)10-16(9-14)34-24(31)32)17(6-7-19(36)37)20(22)13-4-2-1-3-5-13/h1-5,8-10,12H,6-7,11H2,(H,33,35)(H,36,37)(H4,31,32,34). The Hall–Kier alpha value is -4.48. The third-order valence-corrected chi connectivity index (χ3v) is 5.38. The summed E-state index contributed by atoms with van der Waals surface area (Å²) in [6.07, 6.45) is -5.67. The zero-order valence-corrected chi connectivity index (χ0v) is 19.1. The topological polar surface area (TPSA) is 131 Å². The Morgan fingerprint density at radius 1 is 0.973 bits per heavy atom. The molecule has 0 heterocycles. The van der Waals surface area contributed by atoms with E-state index in [0.717, 1.165) is 6.07 Å². The van der Waals surface area contributed by atoms with Crippen molar-refractivity contribution in [2.24, 2.45) is 16.5 Å². The first-order chi connectivity index (χ1) is 17.4. The molecule has 7 nitrogen and oxygen atoms in total. The fraction of sp³-hybridized carbons (Fsp3) is 0.160. The molecule has 12 heteroatoms. The third kappa shape index (κ3) is 6.21. The second-order valence-electron chi connectivity index (χ2n) is 7.90. The van der Waals surface area contributed by atoms with E-state index < -0.39 is 65.8 Å². The average molecular weight is 520 g/mol. The van der Waals surface area contributed by atoms with Crippen molar-refractivity contribution in [2.75, 3.05) is 0 Å². The molecule has 1 amide bonds. The smallest absolute Gasteiger partial charge is 0.416 e. The van der Waals surface area contributed by atoms with Crippen molar-refractivity contribution in [1.29, 1.82) is 0 Å². The van der Waals surface area contributed by atoms with Crippen molar-refractivity contribution in [3.05, 3.63) is 76.9 Å². The van der Waals surface area contributed by atoms with Crippen LogP contribution in [0.15, 0.2) is 53.5 Å². The number of aliphatic carboxylic acids is 1. The number of hydrogen-bond acceptors (Lipinski definition) is 3. The first-order valence-corrected chi connectivity index (χ1v) is 10.7. The maximum Gasteiger partial charge on any atom is 0.416 e. The number of rotatable bonds is 9. The molecule has 0 aliphatic heterocycles. The zero-order chi connectivity index (χ0) is 27.3.